The van der Waals surface area contributed by atoms with Crippen LogP contribution in [-0.4, -0.2) is 6.04 Å². The van der Waals surface area contributed by atoms with Crippen LogP contribution in [0.5, 0.6) is 0 Å². The molecule has 0 saturated heterocycles. The molecule has 2 heteroatoms. The molecule has 0 bridgehead atoms. The number of hydrogen-bond acceptors (Lipinski definition) is 1. The van der Waals surface area contributed by atoms with E-state index in [9.17, 15) is 0 Å². The Kier molecular flexibility index (Phi) is 18.5. The van der Waals surface area contributed by atoms with Crippen LogP contribution in [0.3, 0.4) is 0 Å². The molecular weight excluding hydrogens is 302 g/mol. The van der Waals surface area contributed by atoms with Crippen LogP contribution in [0.2, 0.25) is 0 Å². The molecule has 0 aliphatic carbocycles. The fourth-order valence-electron chi connectivity index (χ4n) is 3.63. The zero-order valence-corrected chi connectivity index (χ0v) is 17.1. The van der Waals surface area contributed by atoms with Crippen molar-refractivity contribution in [1.29, 1.82) is 0 Å². The molecule has 1 atom stereocenters. The van der Waals surface area contributed by atoms with Gasteiger partial charge in [0.05, 0.1) is 0 Å². The third-order valence-electron chi connectivity index (χ3n) is 5.65. The standard InChI is InChI=1S/C21H43N.ClH/c1-5-9-10-11-12-13-14-15-16-17-18-19-21(7-3,8-4)20(22)6-2;/h6,20H,2,5,7-19,22H2,1,3-4H3;1H. The maximum Gasteiger partial charge on any atom is 0.0278 e. The quantitative estimate of drug-likeness (QED) is 0.228. The second kappa shape index (κ2) is 16.8. The lowest BCUT2D eigenvalue weighted by Crippen LogP contribution is -2.39. The summed E-state index contributed by atoms with van der Waals surface area (Å²) < 4.78 is 0. The van der Waals surface area contributed by atoms with Crippen molar-refractivity contribution in [3.05, 3.63) is 12.7 Å². The first-order valence-corrected chi connectivity index (χ1v) is 10.0. The number of hydrogen-bond donors (Lipinski definition) is 1. The van der Waals surface area contributed by atoms with E-state index in [2.05, 4.69) is 27.4 Å². The maximum atomic E-state index is 6.29. The molecule has 1 unspecified atom stereocenters. The van der Waals surface area contributed by atoms with E-state index in [4.69, 9.17) is 5.73 Å². The van der Waals surface area contributed by atoms with E-state index in [1.165, 1.54) is 89.9 Å². The molecule has 140 valence electrons. The summed E-state index contributed by atoms with van der Waals surface area (Å²) in [5.74, 6) is 0. The summed E-state index contributed by atoms with van der Waals surface area (Å²) in [6.45, 7) is 10.8. The smallest absolute Gasteiger partial charge is 0.0278 e. The van der Waals surface area contributed by atoms with Gasteiger partial charge in [-0.1, -0.05) is 97.5 Å². The molecule has 0 fully saturated rings. The van der Waals surface area contributed by atoms with Gasteiger partial charge in [0, 0.05) is 6.04 Å². The Labute approximate surface area is 153 Å². The third kappa shape index (κ3) is 11.2. The molecule has 0 aliphatic heterocycles. The SMILES string of the molecule is C=CC(N)C(CC)(CC)CCCCCCCCCCCCC.Cl. The second-order valence-corrected chi connectivity index (χ2v) is 7.12. The van der Waals surface area contributed by atoms with Gasteiger partial charge in [0.1, 0.15) is 0 Å². The molecule has 0 radical (unpaired) electrons. The fourth-order valence-corrected chi connectivity index (χ4v) is 3.63. The fraction of sp³-hybridized carbons (Fsp3) is 0.905. The molecule has 0 aromatic carbocycles. The van der Waals surface area contributed by atoms with Gasteiger partial charge in [-0.05, 0) is 24.7 Å². The lowest BCUT2D eigenvalue weighted by molar-refractivity contribution is 0.203. The van der Waals surface area contributed by atoms with Crippen LogP contribution in [0.4, 0.5) is 0 Å². The predicted molar refractivity (Wildman–Crippen MR) is 110 cm³/mol. The van der Waals surface area contributed by atoms with Gasteiger partial charge in [0.25, 0.3) is 0 Å². The number of halogens is 1. The Bertz CT molecular complexity index is 248. The molecule has 1 nitrogen and oxygen atoms in total. The minimum absolute atomic E-state index is 0. The molecule has 0 rings (SSSR count). The lowest BCUT2D eigenvalue weighted by Gasteiger charge is -2.36. The van der Waals surface area contributed by atoms with Gasteiger partial charge in [-0.2, -0.15) is 0 Å². The molecule has 23 heavy (non-hydrogen) atoms. The number of nitrogens with two attached hydrogens (primary N) is 1. The van der Waals surface area contributed by atoms with Crippen molar-refractivity contribution >= 4 is 12.4 Å². The van der Waals surface area contributed by atoms with E-state index < -0.39 is 0 Å². The Morgan fingerprint density at radius 1 is 0.783 bits per heavy atom. The Morgan fingerprint density at radius 3 is 1.52 bits per heavy atom. The van der Waals surface area contributed by atoms with E-state index in [0.717, 1.165) is 0 Å². The van der Waals surface area contributed by atoms with E-state index in [0.29, 0.717) is 5.41 Å². The molecule has 0 aliphatic rings. The van der Waals surface area contributed by atoms with Crippen LogP contribution in [-0.2, 0) is 0 Å². The summed E-state index contributed by atoms with van der Waals surface area (Å²) in [6.07, 6.45) is 21.1. The largest absolute Gasteiger partial charge is 0.324 e. The summed E-state index contributed by atoms with van der Waals surface area (Å²) in [5, 5.41) is 0. The second-order valence-electron chi connectivity index (χ2n) is 7.12. The van der Waals surface area contributed by atoms with E-state index in [1.807, 2.05) is 6.08 Å². The Morgan fingerprint density at radius 2 is 1.17 bits per heavy atom. The average Bonchev–Trinajstić information content (AvgIpc) is 2.56. The average molecular weight is 346 g/mol. The molecule has 0 amide bonds. The van der Waals surface area contributed by atoms with Crippen molar-refractivity contribution in [2.45, 2.75) is 117 Å². The van der Waals surface area contributed by atoms with Gasteiger partial charge in [-0.3, -0.25) is 0 Å². The van der Waals surface area contributed by atoms with Crippen LogP contribution in [0.25, 0.3) is 0 Å². The zero-order chi connectivity index (χ0) is 16.7. The van der Waals surface area contributed by atoms with Crippen LogP contribution < -0.4 is 5.73 Å². The molecule has 0 aromatic rings. The first kappa shape index (κ1) is 25.2. The molecule has 0 aromatic heterocycles. The number of rotatable bonds is 16. The minimum Gasteiger partial charge on any atom is -0.324 e. The first-order chi connectivity index (χ1) is 10.7. The Hall–Kier alpha value is -0.0100. The highest BCUT2D eigenvalue weighted by Crippen LogP contribution is 2.36. The zero-order valence-electron chi connectivity index (χ0n) is 16.2. The third-order valence-corrected chi connectivity index (χ3v) is 5.65. The van der Waals surface area contributed by atoms with Crippen LogP contribution in [0.15, 0.2) is 12.7 Å². The van der Waals surface area contributed by atoms with Crippen molar-refractivity contribution in [3.8, 4) is 0 Å². The predicted octanol–water partition coefficient (Wildman–Crippen LogP) is 7.43. The normalized spacial score (nSPS) is 12.7. The number of unbranched alkanes of at least 4 members (excludes halogenated alkanes) is 10. The van der Waals surface area contributed by atoms with E-state index >= 15 is 0 Å². The summed E-state index contributed by atoms with van der Waals surface area (Å²) in [6, 6.07) is 0.158. The Balaban J connectivity index is 0. The van der Waals surface area contributed by atoms with Crippen LogP contribution in [0, 0.1) is 5.41 Å². The van der Waals surface area contributed by atoms with Gasteiger partial charge < -0.3 is 5.73 Å². The van der Waals surface area contributed by atoms with Crippen LogP contribution >= 0.6 is 12.4 Å². The summed E-state index contributed by atoms with van der Waals surface area (Å²) in [4.78, 5) is 0. The van der Waals surface area contributed by atoms with Crippen molar-refractivity contribution < 1.29 is 0 Å². The summed E-state index contributed by atoms with van der Waals surface area (Å²) in [5.41, 5.74) is 6.58. The first-order valence-electron chi connectivity index (χ1n) is 10.0. The van der Waals surface area contributed by atoms with Crippen LogP contribution in [0.1, 0.15) is 111 Å². The molecule has 0 heterocycles. The summed E-state index contributed by atoms with van der Waals surface area (Å²) >= 11 is 0. The maximum absolute atomic E-state index is 6.29. The monoisotopic (exact) mass is 345 g/mol. The highest BCUT2D eigenvalue weighted by molar-refractivity contribution is 5.85. The van der Waals surface area contributed by atoms with Crippen molar-refractivity contribution in [1.82, 2.24) is 0 Å². The molecule has 0 spiro atoms. The van der Waals surface area contributed by atoms with E-state index in [-0.39, 0.29) is 18.4 Å². The van der Waals surface area contributed by atoms with Gasteiger partial charge in [-0.25, -0.2) is 0 Å². The van der Waals surface area contributed by atoms with Crippen molar-refractivity contribution in [2.75, 3.05) is 0 Å². The van der Waals surface area contributed by atoms with Gasteiger partial charge in [-0.15, -0.1) is 19.0 Å². The van der Waals surface area contributed by atoms with Gasteiger partial charge in [0.15, 0.2) is 0 Å². The molecule has 0 saturated carbocycles. The van der Waals surface area contributed by atoms with Gasteiger partial charge >= 0.3 is 0 Å². The summed E-state index contributed by atoms with van der Waals surface area (Å²) in [7, 11) is 0. The highest BCUT2D eigenvalue weighted by Gasteiger charge is 2.30. The highest BCUT2D eigenvalue weighted by atomic mass is 35.5. The van der Waals surface area contributed by atoms with E-state index in [1.54, 1.807) is 0 Å². The molecule has 2 N–H and O–H groups in total. The van der Waals surface area contributed by atoms with Crippen molar-refractivity contribution in [3.63, 3.8) is 0 Å². The van der Waals surface area contributed by atoms with Gasteiger partial charge in [0.2, 0.25) is 0 Å². The lowest BCUT2D eigenvalue weighted by atomic mass is 9.72. The van der Waals surface area contributed by atoms with Crippen molar-refractivity contribution in [2.24, 2.45) is 11.1 Å². The molecular formula is C21H44ClN. The topological polar surface area (TPSA) is 26.0 Å². The minimum atomic E-state index is 0.